The Hall–Kier alpha value is -1.19. The Morgan fingerprint density at radius 2 is 1.29 bits per heavy atom. The number of hydrogen-bond acceptors (Lipinski definition) is 3. The molecule has 2 atom stereocenters. The zero-order valence-electron chi connectivity index (χ0n) is 26.5. The van der Waals surface area contributed by atoms with Crippen LogP contribution in [0.1, 0.15) is 167 Å². The zero-order chi connectivity index (χ0) is 28.9. The molecule has 0 aromatic heterocycles. The van der Waals surface area contributed by atoms with E-state index in [-0.39, 0.29) is 5.84 Å². The molecule has 2 unspecified atom stereocenters. The first-order valence-electron chi connectivity index (χ1n) is 14.7. The maximum atomic E-state index is 9.68. The fourth-order valence-corrected chi connectivity index (χ4v) is 2.54. The lowest BCUT2D eigenvalue weighted by Gasteiger charge is -2.34. The van der Waals surface area contributed by atoms with Crippen LogP contribution in [-0.4, -0.2) is 18.4 Å². The van der Waals surface area contributed by atoms with Crippen LogP contribution in [0.15, 0.2) is 0 Å². The molecule has 4 heteroatoms. The molecule has 0 spiro atoms. The van der Waals surface area contributed by atoms with Crippen LogP contribution in [-0.2, 0) is 9.59 Å². The van der Waals surface area contributed by atoms with Gasteiger partial charge in [0, 0.05) is 6.42 Å². The van der Waals surface area contributed by atoms with Crippen LogP contribution in [0.4, 0.5) is 0 Å². The molecule has 35 heavy (non-hydrogen) atoms. The summed E-state index contributed by atoms with van der Waals surface area (Å²) < 4.78 is 0. The van der Waals surface area contributed by atoms with Crippen molar-refractivity contribution in [3.63, 3.8) is 0 Å². The van der Waals surface area contributed by atoms with Crippen LogP contribution >= 0.6 is 0 Å². The number of hydrogen-bond donors (Lipinski definition) is 2. The normalized spacial score (nSPS) is 14.3. The summed E-state index contributed by atoms with van der Waals surface area (Å²) in [5, 5.41) is 6.28. The predicted molar refractivity (Wildman–Crippen MR) is 163 cm³/mol. The maximum Gasteiger partial charge on any atom is 0.119 e. The molecule has 3 N–H and O–H groups in total. The van der Waals surface area contributed by atoms with E-state index in [0.29, 0.717) is 0 Å². The highest BCUT2D eigenvalue weighted by Gasteiger charge is 2.25. The van der Waals surface area contributed by atoms with Crippen molar-refractivity contribution in [2.75, 3.05) is 0 Å². The molecule has 0 aromatic carbocycles. The number of rotatable bonds is 10. The first-order chi connectivity index (χ1) is 16.6. The molecule has 1 rings (SSSR count). The molecular weight excluding hydrogens is 432 g/mol. The van der Waals surface area contributed by atoms with Gasteiger partial charge in [0.05, 0.1) is 5.84 Å². The van der Waals surface area contributed by atoms with Gasteiger partial charge in [-0.15, -0.1) is 0 Å². The minimum absolute atomic E-state index is 0.167. The largest absolute Gasteiger partial charge is 0.388 e. The van der Waals surface area contributed by atoms with Gasteiger partial charge in [0.15, 0.2) is 0 Å². The van der Waals surface area contributed by atoms with Crippen molar-refractivity contribution in [1.29, 1.82) is 5.41 Å². The summed E-state index contributed by atoms with van der Waals surface area (Å²) in [5.41, 5.74) is 4.69. The second-order valence-corrected chi connectivity index (χ2v) is 9.22. The number of carbonyl (C=O) groups excluding carboxylic acids is 2. The molecule has 0 radical (unpaired) electrons. The van der Waals surface area contributed by atoms with Crippen LogP contribution in [0.2, 0.25) is 0 Å². The van der Waals surface area contributed by atoms with E-state index in [1.165, 1.54) is 84.5 Å². The lowest BCUT2D eigenvalue weighted by molar-refractivity contribution is -0.108. The first-order valence-corrected chi connectivity index (χ1v) is 14.7. The van der Waals surface area contributed by atoms with Gasteiger partial charge in [-0.05, 0) is 50.9 Å². The molecule has 0 aromatic rings. The van der Waals surface area contributed by atoms with E-state index in [9.17, 15) is 4.79 Å². The average Bonchev–Trinajstić information content (AvgIpc) is 2.81. The highest BCUT2D eigenvalue weighted by molar-refractivity contribution is 5.73. The van der Waals surface area contributed by atoms with Crippen molar-refractivity contribution in [1.82, 2.24) is 0 Å². The predicted octanol–water partition coefficient (Wildman–Crippen LogP) is 10.4. The monoisotopic (exact) mass is 503 g/mol. The van der Waals surface area contributed by atoms with E-state index in [0.717, 1.165) is 43.2 Å². The molecule has 1 aliphatic rings. The van der Waals surface area contributed by atoms with Gasteiger partial charge >= 0.3 is 0 Å². The van der Waals surface area contributed by atoms with Crippen molar-refractivity contribution >= 4 is 18.4 Å². The molecular formula is C31H70N2O2. The van der Waals surface area contributed by atoms with E-state index in [1.807, 2.05) is 13.8 Å². The van der Waals surface area contributed by atoms with E-state index in [1.54, 1.807) is 0 Å². The van der Waals surface area contributed by atoms with Crippen molar-refractivity contribution < 1.29 is 9.59 Å². The maximum absolute atomic E-state index is 9.68. The number of aldehydes is 2. The second-order valence-electron chi connectivity index (χ2n) is 9.22. The quantitative estimate of drug-likeness (QED) is 0.135. The molecule has 1 aliphatic carbocycles. The number of nitrogens with two attached hydrogens (primary N) is 1. The minimum Gasteiger partial charge on any atom is -0.388 e. The van der Waals surface area contributed by atoms with Crippen molar-refractivity contribution in [3.8, 4) is 0 Å². The third kappa shape index (κ3) is 79.4. The smallest absolute Gasteiger partial charge is 0.119 e. The van der Waals surface area contributed by atoms with Crippen LogP contribution in [0, 0.1) is 23.2 Å². The van der Waals surface area contributed by atoms with E-state index in [4.69, 9.17) is 15.9 Å². The van der Waals surface area contributed by atoms with Gasteiger partial charge in [0.1, 0.15) is 12.6 Å². The zero-order valence-corrected chi connectivity index (χ0v) is 26.5. The lowest BCUT2D eigenvalue weighted by atomic mass is 9.72. The molecule has 1 fully saturated rings. The van der Waals surface area contributed by atoms with Crippen molar-refractivity contribution in [3.05, 3.63) is 0 Å². The molecule has 216 valence electrons. The minimum atomic E-state index is 0.167. The van der Waals surface area contributed by atoms with Gasteiger partial charge in [-0.3, -0.25) is 5.41 Å². The van der Waals surface area contributed by atoms with Crippen LogP contribution in [0.25, 0.3) is 0 Å². The SMILES string of the molecule is CC.CC(=N)N.CC(C)CCC1CCC1C.CC=O.CCCC.CCCCC.CCCCCC=O. The first kappa shape index (κ1) is 47.1. The molecule has 0 bridgehead atoms. The fourth-order valence-electron chi connectivity index (χ4n) is 2.54. The summed E-state index contributed by atoms with van der Waals surface area (Å²) in [5.74, 6) is 3.20. The van der Waals surface area contributed by atoms with E-state index >= 15 is 0 Å². The van der Waals surface area contributed by atoms with Gasteiger partial charge in [-0.25, -0.2) is 0 Å². The topological polar surface area (TPSA) is 84.0 Å². The summed E-state index contributed by atoms with van der Waals surface area (Å²) in [4.78, 5) is 18.5. The fraction of sp³-hybridized carbons (Fsp3) is 0.903. The van der Waals surface area contributed by atoms with Gasteiger partial charge in [0.2, 0.25) is 0 Å². The number of nitrogens with one attached hydrogen (secondary N) is 1. The van der Waals surface area contributed by atoms with Crippen LogP contribution in [0.3, 0.4) is 0 Å². The van der Waals surface area contributed by atoms with Gasteiger partial charge in [0.25, 0.3) is 0 Å². The summed E-state index contributed by atoms with van der Waals surface area (Å²) in [6, 6.07) is 0. The van der Waals surface area contributed by atoms with Gasteiger partial charge in [-0.1, -0.05) is 127 Å². The van der Waals surface area contributed by atoms with Crippen molar-refractivity contribution in [2.45, 2.75) is 167 Å². The Bertz CT molecular complexity index is 350. The molecule has 0 heterocycles. The summed E-state index contributed by atoms with van der Waals surface area (Å²) in [6.07, 6.45) is 18.6. The number of unbranched alkanes of at least 4 members (excludes halogenated alkanes) is 6. The molecule has 1 saturated carbocycles. The Balaban J connectivity index is -0.0000000750. The molecule has 0 aliphatic heterocycles. The van der Waals surface area contributed by atoms with Crippen LogP contribution in [0.5, 0.6) is 0 Å². The number of amidine groups is 1. The molecule has 0 amide bonds. The average molecular weight is 503 g/mol. The van der Waals surface area contributed by atoms with Crippen LogP contribution < -0.4 is 5.73 Å². The third-order valence-corrected chi connectivity index (χ3v) is 5.04. The Morgan fingerprint density at radius 3 is 1.46 bits per heavy atom. The second kappa shape index (κ2) is 49.8. The summed E-state index contributed by atoms with van der Waals surface area (Å²) in [7, 11) is 0. The van der Waals surface area contributed by atoms with Crippen molar-refractivity contribution in [2.24, 2.45) is 23.5 Å². The highest BCUT2D eigenvalue weighted by atomic mass is 16.1. The Labute approximate surface area is 223 Å². The lowest BCUT2D eigenvalue weighted by Crippen LogP contribution is -2.23. The Kier molecular flexibility index (Phi) is 67.0. The highest BCUT2D eigenvalue weighted by Crippen LogP contribution is 2.37. The summed E-state index contributed by atoms with van der Waals surface area (Å²) >= 11 is 0. The number of carbonyl (C=O) groups is 2. The van der Waals surface area contributed by atoms with Gasteiger partial charge < -0.3 is 15.3 Å². The van der Waals surface area contributed by atoms with Gasteiger partial charge in [-0.2, -0.15) is 0 Å². The Morgan fingerprint density at radius 1 is 0.886 bits per heavy atom. The summed E-state index contributed by atoms with van der Waals surface area (Å²) in [6.45, 7) is 24.9. The van der Waals surface area contributed by atoms with E-state index in [2.05, 4.69) is 55.4 Å². The standard InChI is InChI=1S/C10H20.C6H12O.C5H12.C4H10.C2H6N2.C2H4O.C2H6/c1-8(2)4-6-10-7-5-9(10)3;1-2-3-4-5-6-7;1-3-5-4-2;1-3-4-2;1-2(3)4;1-2-3;1-2/h8-10H,4-7H2,1-3H3;6H,2-5H2,1H3;3-5H2,1-2H3;3-4H2,1-2H3;1H3,(H3,3,4);2H,1H3;1-2H3. The molecule has 0 saturated heterocycles. The third-order valence-electron chi connectivity index (χ3n) is 5.04. The molecule has 4 nitrogen and oxygen atoms in total. The van der Waals surface area contributed by atoms with E-state index < -0.39 is 0 Å².